The number of hydrogen-bond acceptors (Lipinski definition) is 3. The summed E-state index contributed by atoms with van der Waals surface area (Å²) in [6.07, 6.45) is 4.39. The predicted octanol–water partition coefficient (Wildman–Crippen LogP) is 5.41. The van der Waals surface area contributed by atoms with Crippen molar-refractivity contribution in [1.82, 2.24) is 4.90 Å². The van der Waals surface area contributed by atoms with Crippen molar-refractivity contribution < 1.29 is 9.84 Å². The zero-order valence-corrected chi connectivity index (χ0v) is 17.4. The fourth-order valence-electron chi connectivity index (χ4n) is 3.91. The zero-order valence-electron chi connectivity index (χ0n) is 17.4. The number of benzene rings is 2. The lowest BCUT2D eigenvalue weighted by Gasteiger charge is -2.33. The monoisotopic (exact) mass is 381 g/mol. The van der Waals surface area contributed by atoms with Gasteiger partial charge in [-0.3, -0.25) is 0 Å². The van der Waals surface area contributed by atoms with E-state index in [1.807, 2.05) is 30.3 Å². The van der Waals surface area contributed by atoms with E-state index in [1.54, 1.807) is 0 Å². The number of piperidine rings is 1. The number of ether oxygens (including phenoxy) is 1. The van der Waals surface area contributed by atoms with Crippen LogP contribution in [0, 0.1) is 5.92 Å². The largest absolute Gasteiger partial charge is 0.494 e. The lowest BCUT2D eigenvalue weighted by Crippen LogP contribution is -2.35. The summed E-state index contributed by atoms with van der Waals surface area (Å²) in [5, 5.41) is 11.2. The van der Waals surface area contributed by atoms with Crippen molar-refractivity contribution in [3.05, 3.63) is 65.7 Å². The van der Waals surface area contributed by atoms with Gasteiger partial charge in [-0.05, 0) is 61.5 Å². The molecular weight excluding hydrogens is 346 g/mol. The van der Waals surface area contributed by atoms with Gasteiger partial charge in [0.2, 0.25) is 0 Å². The molecule has 3 rings (SSSR count). The molecular formula is C25H35NO2. The number of aliphatic hydroxyl groups excluding tert-OH is 1. The van der Waals surface area contributed by atoms with Crippen molar-refractivity contribution >= 4 is 0 Å². The van der Waals surface area contributed by atoms with Gasteiger partial charge in [0.15, 0.2) is 0 Å². The molecule has 0 radical (unpaired) electrons. The molecule has 3 heteroatoms. The zero-order chi connectivity index (χ0) is 19.8. The van der Waals surface area contributed by atoms with Crippen LogP contribution in [0.3, 0.4) is 0 Å². The molecule has 0 saturated carbocycles. The molecule has 1 heterocycles. The third kappa shape index (κ3) is 6.08. The Morgan fingerprint density at radius 3 is 2.21 bits per heavy atom. The van der Waals surface area contributed by atoms with Crippen molar-refractivity contribution in [2.45, 2.75) is 51.6 Å². The molecule has 0 unspecified atom stereocenters. The maximum absolute atomic E-state index is 11.2. The molecule has 1 fully saturated rings. The first kappa shape index (κ1) is 20.9. The van der Waals surface area contributed by atoms with Gasteiger partial charge in [-0.2, -0.15) is 0 Å². The van der Waals surface area contributed by atoms with E-state index in [-0.39, 0.29) is 5.92 Å². The summed E-state index contributed by atoms with van der Waals surface area (Å²) in [6.45, 7) is 8.32. The summed E-state index contributed by atoms with van der Waals surface area (Å²) in [6, 6.07) is 18.5. The average Bonchev–Trinajstić information content (AvgIpc) is 2.73. The highest BCUT2D eigenvalue weighted by Gasteiger charge is 2.26. The smallest absolute Gasteiger partial charge is 0.119 e. The molecule has 1 aliphatic heterocycles. The third-order valence-electron chi connectivity index (χ3n) is 5.70. The van der Waals surface area contributed by atoms with E-state index in [9.17, 15) is 5.11 Å². The van der Waals surface area contributed by atoms with Crippen LogP contribution in [0.4, 0.5) is 0 Å². The molecule has 2 aromatic carbocycles. The topological polar surface area (TPSA) is 32.7 Å². The van der Waals surface area contributed by atoms with Crippen LogP contribution in [-0.4, -0.2) is 36.2 Å². The number of nitrogens with zero attached hydrogens (tertiary/aromatic N) is 1. The predicted molar refractivity (Wildman–Crippen MR) is 116 cm³/mol. The van der Waals surface area contributed by atoms with Crippen LogP contribution in [0.2, 0.25) is 0 Å². The van der Waals surface area contributed by atoms with Crippen molar-refractivity contribution in [2.24, 2.45) is 5.92 Å². The van der Waals surface area contributed by atoms with E-state index < -0.39 is 6.10 Å². The van der Waals surface area contributed by atoms with Gasteiger partial charge in [0, 0.05) is 12.5 Å². The minimum Gasteiger partial charge on any atom is -0.494 e. The molecule has 1 N–H and O–H groups in total. The summed E-state index contributed by atoms with van der Waals surface area (Å²) >= 11 is 0. The maximum atomic E-state index is 11.2. The molecule has 0 aromatic heterocycles. The highest BCUT2D eigenvalue weighted by molar-refractivity contribution is 5.32. The molecule has 28 heavy (non-hydrogen) atoms. The first-order chi connectivity index (χ1) is 13.6. The minimum atomic E-state index is -0.519. The van der Waals surface area contributed by atoms with E-state index >= 15 is 0 Å². The Hall–Kier alpha value is -1.84. The van der Waals surface area contributed by atoms with Crippen LogP contribution in [-0.2, 0) is 0 Å². The van der Waals surface area contributed by atoms with Crippen LogP contribution >= 0.6 is 0 Å². The second-order valence-electron chi connectivity index (χ2n) is 8.42. The standard InChI is InChI=1S/C25H35NO2/c1-20(2)15-18-28-23-13-11-22(12-14-23)25(27)24(21-9-5-3-6-10-21)19-26-16-7-4-8-17-26/h3,5-6,9-14,20,24-25,27H,4,7-8,15-19H2,1-2H3/t24-,25-/m1/s1. The number of hydrogen-bond donors (Lipinski definition) is 1. The highest BCUT2D eigenvalue weighted by atomic mass is 16.5. The van der Waals surface area contributed by atoms with Gasteiger partial charge >= 0.3 is 0 Å². The molecule has 1 saturated heterocycles. The van der Waals surface area contributed by atoms with Crippen LogP contribution < -0.4 is 4.74 Å². The average molecular weight is 382 g/mol. The van der Waals surface area contributed by atoms with E-state index in [1.165, 1.54) is 24.8 Å². The minimum absolute atomic E-state index is 0.0759. The summed E-state index contributed by atoms with van der Waals surface area (Å²) in [7, 11) is 0. The van der Waals surface area contributed by atoms with Gasteiger partial charge < -0.3 is 14.7 Å². The lowest BCUT2D eigenvalue weighted by molar-refractivity contribution is 0.109. The molecule has 0 aliphatic carbocycles. The molecule has 2 aromatic rings. The first-order valence-electron chi connectivity index (χ1n) is 10.8. The third-order valence-corrected chi connectivity index (χ3v) is 5.70. The number of rotatable bonds is 9. The summed E-state index contributed by atoms with van der Waals surface area (Å²) in [5.41, 5.74) is 2.17. The van der Waals surface area contributed by atoms with E-state index in [0.717, 1.165) is 44.0 Å². The van der Waals surface area contributed by atoms with Crippen LogP contribution in [0.25, 0.3) is 0 Å². The van der Waals surface area contributed by atoms with Crippen LogP contribution in [0.1, 0.15) is 62.7 Å². The van der Waals surface area contributed by atoms with Crippen molar-refractivity contribution in [3.8, 4) is 5.75 Å². The SMILES string of the molecule is CC(C)CCOc1ccc([C@@H](O)[C@H](CN2CCCCC2)c2ccccc2)cc1. The second-order valence-corrected chi connectivity index (χ2v) is 8.42. The fourth-order valence-corrected chi connectivity index (χ4v) is 3.91. The Bertz CT molecular complexity index is 677. The normalized spacial score (nSPS) is 17.4. The van der Waals surface area contributed by atoms with Crippen LogP contribution in [0.15, 0.2) is 54.6 Å². The molecule has 2 atom stereocenters. The molecule has 3 nitrogen and oxygen atoms in total. The van der Waals surface area contributed by atoms with Gasteiger partial charge in [-0.15, -0.1) is 0 Å². The molecule has 152 valence electrons. The molecule has 0 spiro atoms. The van der Waals surface area contributed by atoms with Crippen molar-refractivity contribution in [1.29, 1.82) is 0 Å². The van der Waals surface area contributed by atoms with Gasteiger partial charge in [0.05, 0.1) is 12.7 Å². The van der Waals surface area contributed by atoms with Gasteiger partial charge in [0.25, 0.3) is 0 Å². The number of aliphatic hydroxyl groups is 1. The van der Waals surface area contributed by atoms with E-state index in [2.05, 4.69) is 43.0 Å². The van der Waals surface area contributed by atoms with Gasteiger partial charge in [-0.1, -0.05) is 62.7 Å². The van der Waals surface area contributed by atoms with Gasteiger partial charge in [-0.25, -0.2) is 0 Å². The number of likely N-dealkylation sites (tertiary alicyclic amines) is 1. The molecule has 0 bridgehead atoms. The molecule has 1 aliphatic rings. The Morgan fingerprint density at radius 1 is 0.893 bits per heavy atom. The quantitative estimate of drug-likeness (QED) is 0.630. The molecule has 0 amide bonds. The summed E-state index contributed by atoms with van der Waals surface area (Å²) in [4.78, 5) is 2.51. The van der Waals surface area contributed by atoms with Gasteiger partial charge in [0.1, 0.15) is 5.75 Å². The summed E-state index contributed by atoms with van der Waals surface area (Å²) in [5.74, 6) is 1.60. The Labute approximate surface area is 170 Å². The maximum Gasteiger partial charge on any atom is 0.119 e. The Balaban J connectivity index is 1.70. The van der Waals surface area contributed by atoms with E-state index in [4.69, 9.17) is 4.74 Å². The van der Waals surface area contributed by atoms with Crippen LogP contribution in [0.5, 0.6) is 5.75 Å². The fraction of sp³-hybridized carbons (Fsp3) is 0.520. The van der Waals surface area contributed by atoms with Crippen molar-refractivity contribution in [3.63, 3.8) is 0 Å². The first-order valence-corrected chi connectivity index (χ1v) is 10.8. The highest BCUT2D eigenvalue weighted by Crippen LogP contribution is 2.33. The lowest BCUT2D eigenvalue weighted by atomic mass is 9.88. The Kier molecular flexibility index (Phi) is 7.93. The summed E-state index contributed by atoms with van der Waals surface area (Å²) < 4.78 is 5.83. The van der Waals surface area contributed by atoms with E-state index in [0.29, 0.717) is 5.92 Å². The van der Waals surface area contributed by atoms with Crippen molar-refractivity contribution in [2.75, 3.05) is 26.2 Å². The Morgan fingerprint density at radius 2 is 1.57 bits per heavy atom. The second kappa shape index (κ2) is 10.6.